The summed E-state index contributed by atoms with van der Waals surface area (Å²) in [6.45, 7) is 5.01. The Morgan fingerprint density at radius 1 is 1.32 bits per heavy atom. The molecule has 0 spiro atoms. The first-order valence-electron chi connectivity index (χ1n) is 5.90. The number of ether oxygens (including phenoxy) is 1. The number of hydrogen-bond donors (Lipinski definition) is 0. The molecular formula is C12H15BrN4O2. The van der Waals surface area contributed by atoms with Crippen molar-refractivity contribution in [1.82, 2.24) is 19.6 Å². The third kappa shape index (κ3) is 2.70. The molecule has 2 aromatic heterocycles. The normalized spacial score (nSPS) is 10.7. The number of aryl methyl sites for hydroxylation is 2. The third-order valence-corrected chi connectivity index (χ3v) is 3.84. The molecule has 0 bridgehead atoms. The molecule has 19 heavy (non-hydrogen) atoms. The van der Waals surface area contributed by atoms with E-state index < -0.39 is 0 Å². The number of halogens is 1. The minimum absolute atomic E-state index is 0.172. The zero-order chi connectivity index (χ0) is 14.0. The van der Waals surface area contributed by atoms with E-state index >= 15 is 0 Å². The highest BCUT2D eigenvalue weighted by molar-refractivity contribution is 9.10. The van der Waals surface area contributed by atoms with Gasteiger partial charge < -0.3 is 4.74 Å². The average Bonchev–Trinajstić information content (AvgIpc) is 2.68. The lowest BCUT2D eigenvalue weighted by atomic mass is 10.3. The summed E-state index contributed by atoms with van der Waals surface area (Å²) >= 11 is 3.50. The summed E-state index contributed by atoms with van der Waals surface area (Å²) in [4.78, 5) is 11.8. The van der Waals surface area contributed by atoms with Crippen molar-refractivity contribution in [2.75, 3.05) is 7.11 Å². The van der Waals surface area contributed by atoms with Crippen molar-refractivity contribution in [3.8, 4) is 5.88 Å². The average molecular weight is 327 g/mol. The van der Waals surface area contributed by atoms with Crippen LogP contribution in [0.25, 0.3) is 0 Å². The van der Waals surface area contributed by atoms with Crippen molar-refractivity contribution in [1.29, 1.82) is 0 Å². The highest BCUT2D eigenvalue weighted by Crippen LogP contribution is 2.21. The zero-order valence-electron chi connectivity index (χ0n) is 11.1. The van der Waals surface area contributed by atoms with E-state index in [0.717, 1.165) is 22.4 Å². The monoisotopic (exact) mass is 326 g/mol. The number of nitrogens with zero attached hydrogens (tertiary/aromatic N) is 4. The number of aromatic nitrogens is 4. The summed E-state index contributed by atoms with van der Waals surface area (Å²) in [5.74, 6) is 0.412. The van der Waals surface area contributed by atoms with E-state index in [9.17, 15) is 4.79 Å². The predicted octanol–water partition coefficient (Wildman–Crippen LogP) is 1.59. The number of methoxy groups -OCH3 is 1. The Morgan fingerprint density at radius 2 is 2.05 bits per heavy atom. The second-order valence-electron chi connectivity index (χ2n) is 4.03. The molecule has 0 saturated carbocycles. The van der Waals surface area contributed by atoms with Gasteiger partial charge in [-0.3, -0.25) is 9.48 Å². The molecule has 0 saturated heterocycles. The van der Waals surface area contributed by atoms with Gasteiger partial charge in [-0.15, -0.1) is 5.10 Å². The molecule has 2 heterocycles. The van der Waals surface area contributed by atoms with Crippen LogP contribution in [0, 0.1) is 6.92 Å². The summed E-state index contributed by atoms with van der Waals surface area (Å²) in [5, 5.41) is 8.52. The molecule has 0 atom stereocenters. The van der Waals surface area contributed by atoms with Crippen molar-refractivity contribution in [2.24, 2.45) is 0 Å². The van der Waals surface area contributed by atoms with Crippen LogP contribution in [0.4, 0.5) is 0 Å². The van der Waals surface area contributed by atoms with Gasteiger partial charge in [0.1, 0.15) is 0 Å². The number of rotatable bonds is 4. The molecule has 2 rings (SSSR count). The van der Waals surface area contributed by atoms with Crippen LogP contribution in [0.2, 0.25) is 0 Å². The fourth-order valence-electron chi connectivity index (χ4n) is 1.81. The molecule has 0 aliphatic carbocycles. The second-order valence-corrected chi connectivity index (χ2v) is 4.83. The van der Waals surface area contributed by atoms with Crippen molar-refractivity contribution in [2.45, 2.75) is 26.9 Å². The molecule has 7 heteroatoms. The molecule has 0 fully saturated rings. The Labute approximate surface area is 119 Å². The Bertz CT molecular complexity index is 648. The van der Waals surface area contributed by atoms with Gasteiger partial charge in [-0.2, -0.15) is 5.10 Å². The molecule has 0 aromatic carbocycles. The minimum Gasteiger partial charge on any atom is -0.480 e. The lowest BCUT2D eigenvalue weighted by molar-refractivity contribution is 0.377. The van der Waals surface area contributed by atoms with Crippen LogP contribution < -0.4 is 10.3 Å². The van der Waals surface area contributed by atoms with Gasteiger partial charge in [-0.25, -0.2) is 4.68 Å². The van der Waals surface area contributed by atoms with Gasteiger partial charge in [0.2, 0.25) is 5.88 Å². The second kappa shape index (κ2) is 5.56. The van der Waals surface area contributed by atoms with Crippen molar-refractivity contribution in [3.05, 3.63) is 38.3 Å². The van der Waals surface area contributed by atoms with Crippen molar-refractivity contribution < 1.29 is 4.74 Å². The van der Waals surface area contributed by atoms with Gasteiger partial charge in [-0.1, -0.05) is 0 Å². The molecule has 0 amide bonds. The maximum atomic E-state index is 11.8. The summed E-state index contributed by atoms with van der Waals surface area (Å²) in [7, 11) is 1.52. The SMILES string of the molecule is CCn1nc(C)c(Br)c1Cn1nc(OC)ccc1=O. The molecule has 6 nitrogen and oxygen atoms in total. The Balaban J connectivity index is 2.44. The van der Waals surface area contributed by atoms with Gasteiger partial charge in [-0.05, 0) is 29.8 Å². The fraction of sp³-hybridized carbons (Fsp3) is 0.417. The van der Waals surface area contributed by atoms with Crippen LogP contribution in [0.3, 0.4) is 0 Å². The highest BCUT2D eigenvalue weighted by atomic mass is 79.9. The summed E-state index contributed by atoms with van der Waals surface area (Å²) in [6.07, 6.45) is 0. The van der Waals surface area contributed by atoms with E-state index in [2.05, 4.69) is 26.1 Å². The topological polar surface area (TPSA) is 61.9 Å². The molecule has 102 valence electrons. The van der Waals surface area contributed by atoms with Crippen LogP contribution in [-0.4, -0.2) is 26.7 Å². The van der Waals surface area contributed by atoms with Gasteiger partial charge in [0, 0.05) is 18.7 Å². The summed E-state index contributed by atoms with van der Waals surface area (Å²) in [6, 6.07) is 3.00. The van der Waals surface area contributed by atoms with Gasteiger partial charge in [0.25, 0.3) is 5.56 Å². The Morgan fingerprint density at radius 3 is 2.68 bits per heavy atom. The summed E-state index contributed by atoms with van der Waals surface area (Å²) in [5.41, 5.74) is 1.64. The summed E-state index contributed by atoms with van der Waals surface area (Å²) < 4.78 is 9.16. The van der Waals surface area contributed by atoms with E-state index in [0.29, 0.717) is 12.4 Å². The first kappa shape index (κ1) is 13.8. The van der Waals surface area contributed by atoms with E-state index in [1.807, 2.05) is 18.5 Å². The van der Waals surface area contributed by atoms with Crippen molar-refractivity contribution >= 4 is 15.9 Å². The van der Waals surface area contributed by atoms with Gasteiger partial charge in [0.05, 0.1) is 29.5 Å². The third-order valence-electron chi connectivity index (χ3n) is 2.80. The first-order valence-corrected chi connectivity index (χ1v) is 6.70. The van der Waals surface area contributed by atoms with Crippen LogP contribution in [-0.2, 0) is 13.1 Å². The molecule has 0 aliphatic heterocycles. The maximum absolute atomic E-state index is 11.8. The largest absolute Gasteiger partial charge is 0.480 e. The van der Waals surface area contributed by atoms with Crippen molar-refractivity contribution in [3.63, 3.8) is 0 Å². The molecule has 0 N–H and O–H groups in total. The zero-order valence-corrected chi connectivity index (χ0v) is 12.6. The van der Waals surface area contributed by atoms with E-state index in [1.165, 1.54) is 17.9 Å². The van der Waals surface area contributed by atoms with E-state index in [-0.39, 0.29) is 5.56 Å². The standard InChI is InChI=1S/C12H15BrN4O2/c1-4-16-9(12(13)8(2)14-16)7-17-11(18)6-5-10(15-17)19-3/h5-6H,4,7H2,1-3H3. The Hall–Kier alpha value is -1.63. The van der Waals surface area contributed by atoms with Crippen LogP contribution in [0.15, 0.2) is 21.4 Å². The van der Waals surface area contributed by atoms with E-state index in [1.54, 1.807) is 6.07 Å². The van der Waals surface area contributed by atoms with Gasteiger partial charge in [0.15, 0.2) is 0 Å². The highest BCUT2D eigenvalue weighted by Gasteiger charge is 2.14. The Kier molecular flexibility index (Phi) is 4.04. The molecule has 2 aromatic rings. The molecular weight excluding hydrogens is 312 g/mol. The molecule has 0 aliphatic rings. The van der Waals surface area contributed by atoms with Crippen LogP contribution in [0.1, 0.15) is 18.3 Å². The lowest BCUT2D eigenvalue weighted by Crippen LogP contribution is -2.24. The first-order chi connectivity index (χ1) is 9.06. The molecule has 0 unspecified atom stereocenters. The van der Waals surface area contributed by atoms with Gasteiger partial charge >= 0.3 is 0 Å². The van der Waals surface area contributed by atoms with Crippen LogP contribution >= 0.6 is 15.9 Å². The minimum atomic E-state index is -0.172. The fourth-order valence-corrected chi connectivity index (χ4v) is 2.22. The lowest BCUT2D eigenvalue weighted by Gasteiger charge is -2.08. The van der Waals surface area contributed by atoms with Crippen LogP contribution in [0.5, 0.6) is 5.88 Å². The number of hydrogen-bond acceptors (Lipinski definition) is 4. The maximum Gasteiger partial charge on any atom is 0.267 e. The predicted molar refractivity (Wildman–Crippen MR) is 74.5 cm³/mol. The molecule has 0 radical (unpaired) electrons. The quantitative estimate of drug-likeness (QED) is 0.856. The smallest absolute Gasteiger partial charge is 0.267 e. The van der Waals surface area contributed by atoms with E-state index in [4.69, 9.17) is 4.74 Å².